The van der Waals surface area contributed by atoms with E-state index < -0.39 is 0 Å². The third kappa shape index (κ3) is 2.75. The molecule has 1 aliphatic carbocycles. The van der Waals surface area contributed by atoms with Crippen LogP contribution in [0.1, 0.15) is 17.9 Å². The number of benzene rings is 1. The molecule has 0 bridgehead atoms. The molecular weight excluding hydrogens is 262 g/mol. The number of nitrogens with zero attached hydrogens (tertiary/aromatic N) is 3. The van der Waals surface area contributed by atoms with Crippen LogP contribution in [-0.2, 0) is 11.8 Å². The number of aromatic nitrogens is 2. The fraction of sp³-hybridized carbons (Fsp3) is 0.294. The van der Waals surface area contributed by atoms with Gasteiger partial charge in [-0.2, -0.15) is 5.10 Å². The summed E-state index contributed by atoms with van der Waals surface area (Å²) in [5.41, 5.74) is 2.08. The van der Waals surface area contributed by atoms with E-state index in [-0.39, 0.29) is 11.8 Å². The first-order valence-corrected chi connectivity index (χ1v) is 7.16. The number of para-hydroxylation sites is 1. The van der Waals surface area contributed by atoms with Crippen molar-refractivity contribution in [2.24, 2.45) is 13.0 Å². The summed E-state index contributed by atoms with van der Waals surface area (Å²) < 4.78 is 1.79. The summed E-state index contributed by atoms with van der Waals surface area (Å²) >= 11 is 0. The summed E-state index contributed by atoms with van der Waals surface area (Å²) in [5, 5.41) is 4.19. The van der Waals surface area contributed by atoms with Crippen LogP contribution in [0.3, 0.4) is 0 Å². The largest absolute Gasteiger partial charge is 0.308 e. The summed E-state index contributed by atoms with van der Waals surface area (Å²) in [4.78, 5) is 14.6. The van der Waals surface area contributed by atoms with Crippen LogP contribution < -0.4 is 4.90 Å². The van der Waals surface area contributed by atoms with E-state index in [9.17, 15) is 4.79 Å². The molecule has 4 heteroatoms. The Labute approximate surface area is 124 Å². The molecule has 1 heterocycles. The Morgan fingerprint density at radius 3 is 2.86 bits per heavy atom. The number of carbonyl (C=O) groups excluding carboxylic acids is 1. The Morgan fingerprint density at radius 2 is 2.24 bits per heavy atom. The molecule has 0 radical (unpaired) electrons. The maximum absolute atomic E-state index is 12.7. The number of carbonyl (C=O) groups is 1. The van der Waals surface area contributed by atoms with Crippen LogP contribution in [0.5, 0.6) is 0 Å². The van der Waals surface area contributed by atoms with Crippen molar-refractivity contribution < 1.29 is 4.79 Å². The second-order valence-electron chi connectivity index (χ2n) is 5.47. The Hall–Kier alpha value is -2.36. The van der Waals surface area contributed by atoms with Gasteiger partial charge in [0.1, 0.15) is 0 Å². The number of aryl methyl sites for hydroxylation is 1. The van der Waals surface area contributed by atoms with Gasteiger partial charge in [0.2, 0.25) is 5.91 Å². The number of hydrogen-bond donors (Lipinski definition) is 0. The van der Waals surface area contributed by atoms with Crippen molar-refractivity contribution in [3.8, 4) is 0 Å². The van der Waals surface area contributed by atoms with Gasteiger partial charge in [-0.1, -0.05) is 24.3 Å². The zero-order valence-electron chi connectivity index (χ0n) is 12.1. The molecule has 0 saturated heterocycles. The summed E-state index contributed by atoms with van der Waals surface area (Å²) in [7, 11) is 1.90. The van der Waals surface area contributed by atoms with Crippen molar-refractivity contribution in [3.63, 3.8) is 0 Å². The standard InChI is InChI=1S/C17H19N3O/c1-3-9-20(14-7-5-4-6-8-14)17(21)16-10-15(16)13-11-18-19(2)12-13/h3-8,11-12,15-16H,1,9-10H2,2H3/t15-,16-/m0/s1. The highest BCUT2D eigenvalue weighted by Gasteiger charge is 2.46. The third-order valence-electron chi connectivity index (χ3n) is 3.91. The lowest BCUT2D eigenvalue weighted by molar-refractivity contribution is -0.119. The van der Waals surface area contributed by atoms with Gasteiger partial charge in [0.15, 0.2) is 0 Å². The van der Waals surface area contributed by atoms with Gasteiger partial charge in [0, 0.05) is 31.4 Å². The summed E-state index contributed by atoms with van der Waals surface area (Å²) in [6.07, 6.45) is 6.54. The maximum atomic E-state index is 12.7. The Balaban J connectivity index is 1.76. The van der Waals surface area contributed by atoms with Crippen LogP contribution in [0, 0.1) is 5.92 Å². The minimum absolute atomic E-state index is 0.0642. The van der Waals surface area contributed by atoms with Gasteiger partial charge in [-0.05, 0) is 30.0 Å². The van der Waals surface area contributed by atoms with Crippen molar-refractivity contribution in [1.82, 2.24) is 9.78 Å². The highest BCUT2D eigenvalue weighted by atomic mass is 16.2. The average molecular weight is 281 g/mol. The molecule has 2 atom stereocenters. The van der Waals surface area contributed by atoms with Gasteiger partial charge in [0.05, 0.1) is 6.20 Å². The first-order valence-electron chi connectivity index (χ1n) is 7.16. The topological polar surface area (TPSA) is 38.1 Å². The molecule has 1 aromatic carbocycles. The Morgan fingerprint density at radius 1 is 1.48 bits per heavy atom. The van der Waals surface area contributed by atoms with Crippen molar-refractivity contribution in [1.29, 1.82) is 0 Å². The van der Waals surface area contributed by atoms with Crippen molar-refractivity contribution in [3.05, 3.63) is 60.9 Å². The molecule has 1 amide bonds. The third-order valence-corrected chi connectivity index (χ3v) is 3.91. The van der Waals surface area contributed by atoms with E-state index in [1.165, 1.54) is 0 Å². The molecule has 1 aromatic heterocycles. The number of rotatable bonds is 5. The predicted octanol–water partition coefficient (Wildman–Crippen LogP) is 2.74. The highest BCUT2D eigenvalue weighted by molar-refractivity contribution is 5.97. The quantitative estimate of drug-likeness (QED) is 0.790. The lowest BCUT2D eigenvalue weighted by Crippen LogP contribution is -2.32. The van der Waals surface area contributed by atoms with Crippen LogP contribution in [0.4, 0.5) is 5.69 Å². The van der Waals surface area contributed by atoms with E-state index in [0.717, 1.165) is 17.7 Å². The Bertz CT molecular complexity index is 647. The molecule has 21 heavy (non-hydrogen) atoms. The van der Waals surface area contributed by atoms with Gasteiger partial charge in [-0.3, -0.25) is 9.48 Å². The smallest absolute Gasteiger partial charge is 0.231 e. The minimum Gasteiger partial charge on any atom is -0.308 e. The monoisotopic (exact) mass is 281 g/mol. The highest BCUT2D eigenvalue weighted by Crippen LogP contribution is 2.48. The van der Waals surface area contributed by atoms with Gasteiger partial charge >= 0.3 is 0 Å². The zero-order chi connectivity index (χ0) is 14.8. The van der Waals surface area contributed by atoms with Gasteiger partial charge in [-0.25, -0.2) is 0 Å². The molecular formula is C17H19N3O. The van der Waals surface area contributed by atoms with Crippen LogP contribution in [0.2, 0.25) is 0 Å². The van der Waals surface area contributed by atoms with E-state index >= 15 is 0 Å². The molecule has 0 aliphatic heterocycles. The van der Waals surface area contributed by atoms with Crippen LogP contribution in [0.15, 0.2) is 55.4 Å². The predicted molar refractivity (Wildman–Crippen MR) is 83.0 cm³/mol. The SMILES string of the molecule is C=CCN(C(=O)[C@H]1C[C@H]1c1cnn(C)c1)c1ccccc1. The van der Waals surface area contributed by atoms with Crippen LogP contribution in [-0.4, -0.2) is 22.2 Å². The zero-order valence-corrected chi connectivity index (χ0v) is 12.1. The molecule has 4 nitrogen and oxygen atoms in total. The second kappa shape index (κ2) is 5.56. The maximum Gasteiger partial charge on any atom is 0.231 e. The summed E-state index contributed by atoms with van der Waals surface area (Å²) in [5.74, 6) is 0.548. The molecule has 1 aliphatic rings. The summed E-state index contributed by atoms with van der Waals surface area (Å²) in [6.45, 7) is 4.30. The summed E-state index contributed by atoms with van der Waals surface area (Å²) in [6, 6.07) is 9.77. The van der Waals surface area contributed by atoms with Crippen LogP contribution in [0.25, 0.3) is 0 Å². The molecule has 2 aromatic rings. The van der Waals surface area contributed by atoms with Crippen molar-refractivity contribution >= 4 is 11.6 Å². The van der Waals surface area contributed by atoms with Crippen LogP contribution >= 0.6 is 0 Å². The number of anilines is 1. The Kier molecular flexibility index (Phi) is 3.60. The fourth-order valence-corrected chi connectivity index (χ4v) is 2.73. The lowest BCUT2D eigenvalue weighted by Gasteiger charge is -2.21. The van der Waals surface area contributed by atoms with Gasteiger partial charge < -0.3 is 4.90 Å². The number of amides is 1. The van der Waals surface area contributed by atoms with Gasteiger partial charge in [0.25, 0.3) is 0 Å². The average Bonchev–Trinajstić information content (AvgIpc) is 3.20. The first kappa shape index (κ1) is 13.6. The molecule has 108 valence electrons. The van der Waals surface area contributed by atoms with E-state index in [2.05, 4.69) is 11.7 Å². The molecule has 1 fully saturated rings. The fourth-order valence-electron chi connectivity index (χ4n) is 2.73. The molecule has 0 unspecified atom stereocenters. The van der Waals surface area contributed by atoms with Crippen molar-refractivity contribution in [2.75, 3.05) is 11.4 Å². The minimum atomic E-state index is 0.0642. The van der Waals surface area contributed by atoms with E-state index in [1.807, 2.05) is 54.7 Å². The van der Waals surface area contributed by atoms with E-state index in [0.29, 0.717) is 12.5 Å². The molecule has 3 rings (SSSR count). The second-order valence-corrected chi connectivity index (χ2v) is 5.47. The molecule has 1 saturated carbocycles. The molecule has 0 spiro atoms. The van der Waals surface area contributed by atoms with E-state index in [4.69, 9.17) is 0 Å². The van der Waals surface area contributed by atoms with Gasteiger partial charge in [-0.15, -0.1) is 6.58 Å². The van der Waals surface area contributed by atoms with E-state index in [1.54, 1.807) is 10.8 Å². The van der Waals surface area contributed by atoms with Crippen molar-refractivity contribution in [2.45, 2.75) is 12.3 Å². The first-order chi connectivity index (χ1) is 10.2. The molecule has 0 N–H and O–H groups in total. The normalized spacial score (nSPS) is 20.0. The number of hydrogen-bond acceptors (Lipinski definition) is 2. The lowest BCUT2D eigenvalue weighted by atomic mass is 10.1.